The number of hydrogen-bond donors (Lipinski definition) is 0. The number of halogens is 1. The molecule has 0 aliphatic heterocycles. The van der Waals surface area contributed by atoms with Gasteiger partial charge in [-0.25, -0.2) is 14.2 Å². The Hall–Kier alpha value is -2.94. The van der Waals surface area contributed by atoms with Gasteiger partial charge in [0, 0.05) is 6.07 Å². The zero-order chi connectivity index (χ0) is 15.2. The molecule has 0 bridgehead atoms. The molecule has 2 aromatic rings. The van der Waals surface area contributed by atoms with Gasteiger partial charge in [-0.05, 0) is 31.2 Å². The number of pyridine rings is 1. The van der Waals surface area contributed by atoms with Crippen molar-refractivity contribution in [2.75, 3.05) is 6.61 Å². The Morgan fingerprint density at radius 3 is 2.67 bits per heavy atom. The standard InChI is InChI=1S/C15H11FN2O3/c1-2-20-12-5-6-14(18-9-12)15(19)21-11-4-3-10(8-17)13(16)7-11/h3-7,9H,2H2,1H3. The Morgan fingerprint density at radius 1 is 1.33 bits per heavy atom. The molecule has 0 saturated carbocycles. The first-order valence-electron chi connectivity index (χ1n) is 6.14. The largest absolute Gasteiger partial charge is 0.492 e. The molecule has 6 heteroatoms. The monoisotopic (exact) mass is 286 g/mol. The fourth-order valence-corrected chi connectivity index (χ4v) is 1.56. The van der Waals surface area contributed by atoms with Gasteiger partial charge in [-0.15, -0.1) is 0 Å². The number of esters is 1. The summed E-state index contributed by atoms with van der Waals surface area (Å²) >= 11 is 0. The van der Waals surface area contributed by atoms with E-state index in [0.29, 0.717) is 12.4 Å². The number of nitriles is 1. The molecule has 0 radical (unpaired) electrons. The van der Waals surface area contributed by atoms with Crippen LogP contribution < -0.4 is 9.47 Å². The fraction of sp³-hybridized carbons (Fsp3) is 0.133. The first-order chi connectivity index (χ1) is 10.1. The van der Waals surface area contributed by atoms with Crippen LogP contribution in [0.25, 0.3) is 0 Å². The Morgan fingerprint density at radius 2 is 2.10 bits per heavy atom. The van der Waals surface area contributed by atoms with Crippen molar-refractivity contribution >= 4 is 5.97 Å². The predicted octanol–water partition coefficient (Wildman–Crippen LogP) is 2.71. The van der Waals surface area contributed by atoms with Crippen LogP contribution in [0.1, 0.15) is 23.0 Å². The van der Waals surface area contributed by atoms with E-state index in [0.717, 1.165) is 6.07 Å². The second kappa shape index (κ2) is 6.48. The summed E-state index contributed by atoms with van der Waals surface area (Å²) < 4.78 is 23.6. The van der Waals surface area contributed by atoms with E-state index >= 15 is 0 Å². The topological polar surface area (TPSA) is 72.2 Å². The van der Waals surface area contributed by atoms with Crippen molar-refractivity contribution in [3.8, 4) is 17.6 Å². The van der Waals surface area contributed by atoms with E-state index in [2.05, 4.69) is 4.98 Å². The van der Waals surface area contributed by atoms with Gasteiger partial charge in [0.25, 0.3) is 0 Å². The number of hydrogen-bond acceptors (Lipinski definition) is 5. The van der Waals surface area contributed by atoms with Gasteiger partial charge in [0.1, 0.15) is 29.1 Å². The molecule has 21 heavy (non-hydrogen) atoms. The first kappa shape index (κ1) is 14.5. The fourth-order valence-electron chi connectivity index (χ4n) is 1.56. The van der Waals surface area contributed by atoms with Crippen LogP contribution in [0.4, 0.5) is 4.39 Å². The van der Waals surface area contributed by atoms with Crippen molar-refractivity contribution < 1.29 is 18.7 Å². The Labute approximate surface area is 120 Å². The molecule has 2 rings (SSSR count). The molecule has 0 atom stereocenters. The molecule has 0 saturated heterocycles. The van der Waals surface area contributed by atoms with Gasteiger partial charge >= 0.3 is 5.97 Å². The molecule has 106 valence electrons. The highest BCUT2D eigenvalue weighted by Gasteiger charge is 2.12. The highest BCUT2D eigenvalue weighted by atomic mass is 19.1. The van der Waals surface area contributed by atoms with E-state index in [1.165, 1.54) is 24.4 Å². The lowest BCUT2D eigenvalue weighted by atomic mass is 10.2. The average Bonchev–Trinajstić information content (AvgIpc) is 2.48. The van der Waals surface area contributed by atoms with Crippen LogP contribution in [0.3, 0.4) is 0 Å². The van der Waals surface area contributed by atoms with Crippen molar-refractivity contribution in [2.24, 2.45) is 0 Å². The van der Waals surface area contributed by atoms with E-state index in [4.69, 9.17) is 14.7 Å². The number of carbonyl (C=O) groups excluding carboxylic acids is 1. The van der Waals surface area contributed by atoms with Gasteiger partial charge in [-0.1, -0.05) is 0 Å². The Kier molecular flexibility index (Phi) is 4.46. The molecule has 0 fully saturated rings. The second-order valence-electron chi connectivity index (χ2n) is 3.96. The maximum Gasteiger partial charge on any atom is 0.362 e. The van der Waals surface area contributed by atoms with E-state index < -0.39 is 11.8 Å². The van der Waals surface area contributed by atoms with Crippen molar-refractivity contribution in [1.82, 2.24) is 4.98 Å². The van der Waals surface area contributed by atoms with Gasteiger partial charge in [0.15, 0.2) is 0 Å². The van der Waals surface area contributed by atoms with Crippen molar-refractivity contribution in [2.45, 2.75) is 6.92 Å². The lowest BCUT2D eigenvalue weighted by Gasteiger charge is -2.05. The highest BCUT2D eigenvalue weighted by molar-refractivity contribution is 5.89. The van der Waals surface area contributed by atoms with Crippen molar-refractivity contribution in [1.29, 1.82) is 5.26 Å². The molecular formula is C15H11FN2O3. The summed E-state index contributed by atoms with van der Waals surface area (Å²) in [7, 11) is 0. The van der Waals surface area contributed by atoms with Gasteiger partial charge in [-0.3, -0.25) is 0 Å². The van der Waals surface area contributed by atoms with Gasteiger partial charge in [0.2, 0.25) is 0 Å². The number of ether oxygens (including phenoxy) is 2. The maximum atomic E-state index is 13.4. The zero-order valence-corrected chi connectivity index (χ0v) is 11.2. The minimum atomic E-state index is -0.748. The first-order valence-corrected chi connectivity index (χ1v) is 6.14. The normalized spacial score (nSPS) is 9.76. The van der Waals surface area contributed by atoms with Crippen molar-refractivity contribution in [3.05, 3.63) is 53.6 Å². The molecule has 0 N–H and O–H groups in total. The van der Waals surface area contributed by atoms with Gasteiger partial charge in [0.05, 0.1) is 18.4 Å². The van der Waals surface area contributed by atoms with Crippen LogP contribution in [0.5, 0.6) is 11.5 Å². The van der Waals surface area contributed by atoms with Gasteiger partial charge in [-0.2, -0.15) is 5.26 Å². The third kappa shape index (κ3) is 3.54. The van der Waals surface area contributed by atoms with E-state index in [1.807, 2.05) is 6.92 Å². The molecule has 5 nitrogen and oxygen atoms in total. The van der Waals surface area contributed by atoms with Crippen LogP contribution in [-0.2, 0) is 0 Å². The third-order valence-corrected chi connectivity index (χ3v) is 2.53. The van der Waals surface area contributed by atoms with Crippen LogP contribution >= 0.6 is 0 Å². The molecule has 0 amide bonds. The molecule has 1 heterocycles. The van der Waals surface area contributed by atoms with Crippen LogP contribution in [0.2, 0.25) is 0 Å². The van der Waals surface area contributed by atoms with Gasteiger partial charge < -0.3 is 9.47 Å². The Balaban J connectivity index is 2.10. The number of benzene rings is 1. The summed E-state index contributed by atoms with van der Waals surface area (Å²) in [6, 6.07) is 8.28. The SMILES string of the molecule is CCOc1ccc(C(=O)Oc2ccc(C#N)c(F)c2)nc1. The number of nitrogens with zero attached hydrogens (tertiary/aromatic N) is 2. The predicted molar refractivity (Wildman–Crippen MR) is 71.5 cm³/mol. The molecule has 1 aromatic carbocycles. The average molecular weight is 286 g/mol. The minimum Gasteiger partial charge on any atom is -0.492 e. The summed E-state index contributed by atoms with van der Waals surface area (Å²) in [5, 5.41) is 8.62. The Bertz CT molecular complexity index is 693. The van der Waals surface area contributed by atoms with Crippen molar-refractivity contribution in [3.63, 3.8) is 0 Å². The summed E-state index contributed by atoms with van der Waals surface area (Å²) in [5.74, 6) is -0.921. The lowest BCUT2D eigenvalue weighted by Crippen LogP contribution is -2.10. The van der Waals surface area contributed by atoms with E-state index in [1.54, 1.807) is 12.1 Å². The molecular weight excluding hydrogens is 275 g/mol. The van der Waals surface area contributed by atoms with E-state index in [-0.39, 0.29) is 17.0 Å². The summed E-state index contributed by atoms with van der Waals surface area (Å²) in [6.07, 6.45) is 1.40. The number of rotatable bonds is 4. The molecule has 0 unspecified atom stereocenters. The lowest BCUT2D eigenvalue weighted by molar-refractivity contribution is 0.0728. The second-order valence-corrected chi connectivity index (χ2v) is 3.96. The van der Waals surface area contributed by atoms with Crippen LogP contribution in [-0.4, -0.2) is 17.6 Å². The smallest absolute Gasteiger partial charge is 0.362 e. The summed E-state index contributed by atoms with van der Waals surface area (Å²) in [4.78, 5) is 15.7. The zero-order valence-electron chi connectivity index (χ0n) is 11.2. The molecule has 0 aliphatic carbocycles. The molecule has 0 aliphatic rings. The maximum absolute atomic E-state index is 13.4. The van der Waals surface area contributed by atoms with Crippen LogP contribution in [0, 0.1) is 17.1 Å². The summed E-state index contributed by atoms with van der Waals surface area (Å²) in [5.41, 5.74) is -0.0442. The minimum absolute atomic E-state index is 0.00665. The molecule has 1 aromatic heterocycles. The quantitative estimate of drug-likeness (QED) is 0.638. The number of aromatic nitrogens is 1. The number of carbonyl (C=O) groups is 1. The highest BCUT2D eigenvalue weighted by Crippen LogP contribution is 2.17. The molecule has 0 spiro atoms. The van der Waals surface area contributed by atoms with E-state index in [9.17, 15) is 9.18 Å². The third-order valence-electron chi connectivity index (χ3n) is 2.53. The summed E-state index contributed by atoms with van der Waals surface area (Å²) in [6.45, 7) is 2.33. The van der Waals surface area contributed by atoms with Crippen LogP contribution in [0.15, 0.2) is 36.5 Å².